The first-order chi connectivity index (χ1) is 32.3. The molecule has 0 heterocycles. The molecule has 0 bridgehead atoms. The third-order valence-corrected chi connectivity index (χ3v) is 14.1. The Bertz CT molecular complexity index is 1010. The van der Waals surface area contributed by atoms with E-state index in [0.29, 0.717) is 19.3 Å². The molecule has 0 saturated heterocycles. The van der Waals surface area contributed by atoms with Crippen LogP contribution < -0.4 is 0 Å². The Morgan fingerprint density at radius 2 is 0.576 bits per heavy atom. The van der Waals surface area contributed by atoms with Gasteiger partial charge < -0.3 is 14.2 Å². The number of hydrogen-bond acceptors (Lipinski definition) is 6. The topological polar surface area (TPSA) is 78.9 Å². The predicted molar refractivity (Wildman–Crippen MR) is 284 cm³/mol. The van der Waals surface area contributed by atoms with Crippen molar-refractivity contribution < 1.29 is 28.6 Å². The highest BCUT2D eigenvalue weighted by Gasteiger charge is 2.19. The molecule has 392 valence electrons. The highest BCUT2D eigenvalue weighted by molar-refractivity contribution is 5.71. The summed E-state index contributed by atoms with van der Waals surface area (Å²) >= 11 is 0. The smallest absolute Gasteiger partial charge is 0.306 e. The number of esters is 3. The molecule has 6 nitrogen and oxygen atoms in total. The first-order valence-electron chi connectivity index (χ1n) is 29.8. The van der Waals surface area contributed by atoms with Gasteiger partial charge in [0.05, 0.1) is 0 Å². The van der Waals surface area contributed by atoms with Gasteiger partial charge in [-0.2, -0.15) is 0 Å². The fraction of sp³-hybridized carbons (Fsp3) is 0.950. The van der Waals surface area contributed by atoms with Crippen molar-refractivity contribution in [3.63, 3.8) is 0 Å². The van der Waals surface area contributed by atoms with Gasteiger partial charge in [0.2, 0.25) is 0 Å². The molecule has 0 aromatic carbocycles. The lowest BCUT2D eigenvalue weighted by molar-refractivity contribution is -0.167. The summed E-state index contributed by atoms with van der Waals surface area (Å²) in [4.78, 5) is 38.1. The predicted octanol–water partition coefficient (Wildman–Crippen LogP) is 19.7. The lowest BCUT2D eigenvalue weighted by Gasteiger charge is -2.18. The largest absolute Gasteiger partial charge is 0.462 e. The highest BCUT2D eigenvalue weighted by Crippen LogP contribution is 2.19. The Hall–Kier alpha value is -1.59. The molecule has 0 spiro atoms. The fourth-order valence-corrected chi connectivity index (χ4v) is 9.20. The summed E-state index contributed by atoms with van der Waals surface area (Å²) in [6, 6.07) is 0. The van der Waals surface area contributed by atoms with Gasteiger partial charge in [0, 0.05) is 19.3 Å². The maximum Gasteiger partial charge on any atom is 0.306 e. The van der Waals surface area contributed by atoms with E-state index in [0.717, 1.165) is 69.6 Å². The van der Waals surface area contributed by atoms with Crippen molar-refractivity contribution >= 4 is 17.9 Å². The summed E-state index contributed by atoms with van der Waals surface area (Å²) in [5.41, 5.74) is 0. The van der Waals surface area contributed by atoms with E-state index in [-0.39, 0.29) is 31.1 Å². The Morgan fingerprint density at radius 1 is 0.318 bits per heavy atom. The number of carbonyl (C=O) groups excluding carboxylic acids is 3. The SMILES string of the molecule is CCCCCCCCCCCCCCCCCCC(=O)OC[C@H](COC(=O)CCCCCCCCCCCCCCCCCCCCC(C)CC)OC(=O)CCCCCCCCCC(C)C. The average molecular weight is 934 g/mol. The maximum absolute atomic E-state index is 12.8. The van der Waals surface area contributed by atoms with Crippen LogP contribution in [0.3, 0.4) is 0 Å². The van der Waals surface area contributed by atoms with Crippen LogP contribution in [0.5, 0.6) is 0 Å². The molecule has 0 N–H and O–H groups in total. The number of carbonyl (C=O) groups is 3. The molecule has 0 aliphatic heterocycles. The molecule has 0 amide bonds. The van der Waals surface area contributed by atoms with Crippen molar-refractivity contribution in [3.8, 4) is 0 Å². The van der Waals surface area contributed by atoms with Crippen molar-refractivity contribution in [2.45, 2.75) is 343 Å². The van der Waals surface area contributed by atoms with E-state index in [1.54, 1.807) is 0 Å². The summed E-state index contributed by atoms with van der Waals surface area (Å²) in [6.07, 6.45) is 56.8. The van der Waals surface area contributed by atoms with Gasteiger partial charge in [0.1, 0.15) is 13.2 Å². The van der Waals surface area contributed by atoms with Gasteiger partial charge in [-0.15, -0.1) is 0 Å². The van der Waals surface area contributed by atoms with Crippen LogP contribution in [0.4, 0.5) is 0 Å². The van der Waals surface area contributed by atoms with Crippen molar-refractivity contribution in [2.75, 3.05) is 13.2 Å². The average Bonchev–Trinajstić information content (AvgIpc) is 3.30. The first-order valence-corrected chi connectivity index (χ1v) is 29.8. The second kappa shape index (κ2) is 52.8. The van der Waals surface area contributed by atoms with Crippen LogP contribution in [-0.4, -0.2) is 37.2 Å². The van der Waals surface area contributed by atoms with Gasteiger partial charge >= 0.3 is 17.9 Å². The molecule has 0 radical (unpaired) electrons. The Balaban J connectivity index is 4.17. The van der Waals surface area contributed by atoms with Crippen LogP contribution in [0, 0.1) is 11.8 Å². The third kappa shape index (κ3) is 51.8. The quantitative estimate of drug-likeness (QED) is 0.0343. The normalized spacial score (nSPS) is 12.5. The molecule has 2 atom stereocenters. The Labute approximate surface area is 412 Å². The van der Waals surface area contributed by atoms with Gasteiger partial charge in [-0.3, -0.25) is 14.4 Å². The van der Waals surface area contributed by atoms with Crippen LogP contribution in [0.15, 0.2) is 0 Å². The summed E-state index contributed by atoms with van der Waals surface area (Å²) in [5.74, 6) is 0.846. The standard InChI is InChI=1S/C60H116O6/c1-6-8-9-10-11-12-13-14-15-21-24-27-30-35-40-45-50-58(61)64-53-57(66-60(63)52-47-42-37-32-33-38-43-48-55(3)4)54-65-59(62)51-46-41-36-31-28-25-22-19-17-16-18-20-23-26-29-34-39-44-49-56(5)7-2/h55-57H,6-54H2,1-5H3/t56?,57-/m1/s1. The molecule has 0 aliphatic carbocycles. The molecule has 66 heavy (non-hydrogen) atoms. The van der Waals surface area contributed by atoms with Gasteiger partial charge in [0.15, 0.2) is 6.10 Å². The monoisotopic (exact) mass is 933 g/mol. The molecule has 0 saturated carbocycles. The lowest BCUT2D eigenvalue weighted by Crippen LogP contribution is -2.30. The minimum absolute atomic E-state index is 0.0635. The first kappa shape index (κ1) is 64.4. The zero-order chi connectivity index (χ0) is 48.2. The minimum Gasteiger partial charge on any atom is -0.462 e. The summed E-state index contributed by atoms with van der Waals surface area (Å²) in [6.45, 7) is 11.4. The van der Waals surface area contributed by atoms with Gasteiger partial charge in [-0.05, 0) is 31.1 Å². The molecular formula is C60H116O6. The number of hydrogen-bond donors (Lipinski definition) is 0. The van der Waals surface area contributed by atoms with Crippen molar-refractivity contribution in [2.24, 2.45) is 11.8 Å². The van der Waals surface area contributed by atoms with Gasteiger partial charge in [-0.25, -0.2) is 0 Å². The number of unbranched alkanes of at least 4 members (excludes halogenated alkanes) is 38. The van der Waals surface area contributed by atoms with Crippen LogP contribution in [-0.2, 0) is 28.6 Å². The molecule has 6 heteroatoms. The van der Waals surface area contributed by atoms with E-state index in [1.165, 1.54) is 225 Å². The Kier molecular flexibility index (Phi) is 51.5. The minimum atomic E-state index is -0.763. The van der Waals surface area contributed by atoms with Crippen LogP contribution >= 0.6 is 0 Å². The summed E-state index contributed by atoms with van der Waals surface area (Å²) in [5, 5.41) is 0. The highest BCUT2D eigenvalue weighted by atomic mass is 16.6. The van der Waals surface area contributed by atoms with Crippen molar-refractivity contribution in [1.29, 1.82) is 0 Å². The van der Waals surface area contributed by atoms with E-state index in [2.05, 4.69) is 34.6 Å². The second-order valence-electron chi connectivity index (χ2n) is 21.4. The maximum atomic E-state index is 12.8. The molecule has 0 aliphatic rings. The second-order valence-corrected chi connectivity index (χ2v) is 21.4. The number of ether oxygens (including phenoxy) is 3. The van der Waals surface area contributed by atoms with E-state index < -0.39 is 6.10 Å². The van der Waals surface area contributed by atoms with Crippen molar-refractivity contribution in [3.05, 3.63) is 0 Å². The van der Waals surface area contributed by atoms with Crippen molar-refractivity contribution in [1.82, 2.24) is 0 Å². The van der Waals surface area contributed by atoms with E-state index in [1.807, 2.05) is 0 Å². The van der Waals surface area contributed by atoms with Gasteiger partial charge in [-0.1, -0.05) is 298 Å². The summed E-state index contributed by atoms with van der Waals surface area (Å²) in [7, 11) is 0. The van der Waals surface area contributed by atoms with E-state index >= 15 is 0 Å². The van der Waals surface area contributed by atoms with E-state index in [4.69, 9.17) is 14.2 Å². The van der Waals surface area contributed by atoms with Gasteiger partial charge in [0.25, 0.3) is 0 Å². The van der Waals surface area contributed by atoms with Crippen LogP contribution in [0.1, 0.15) is 336 Å². The molecule has 1 unspecified atom stereocenters. The van der Waals surface area contributed by atoms with E-state index in [9.17, 15) is 14.4 Å². The van der Waals surface area contributed by atoms with Crippen LogP contribution in [0.25, 0.3) is 0 Å². The molecular weight excluding hydrogens is 817 g/mol. The summed E-state index contributed by atoms with van der Waals surface area (Å²) < 4.78 is 16.9. The zero-order valence-electron chi connectivity index (χ0n) is 45.3. The fourth-order valence-electron chi connectivity index (χ4n) is 9.20. The number of rotatable bonds is 54. The van der Waals surface area contributed by atoms with Crippen LogP contribution in [0.2, 0.25) is 0 Å². The lowest BCUT2D eigenvalue weighted by atomic mass is 9.99. The molecule has 0 aromatic rings. The molecule has 0 rings (SSSR count). The zero-order valence-corrected chi connectivity index (χ0v) is 45.3. The molecule has 0 fully saturated rings. The third-order valence-electron chi connectivity index (χ3n) is 14.1. The Morgan fingerprint density at radius 3 is 0.864 bits per heavy atom. The molecule has 0 aromatic heterocycles.